The van der Waals surface area contributed by atoms with E-state index in [9.17, 15) is 14.0 Å². The summed E-state index contributed by atoms with van der Waals surface area (Å²) in [5.74, 6) is -0.722. The zero-order chi connectivity index (χ0) is 21.6. The average molecular weight is 415 g/mol. The highest BCUT2D eigenvalue weighted by Crippen LogP contribution is 2.13. The van der Waals surface area contributed by atoms with Gasteiger partial charge in [-0.1, -0.05) is 42.5 Å². The molecule has 5 nitrogen and oxygen atoms in total. The van der Waals surface area contributed by atoms with Crippen molar-refractivity contribution in [2.75, 3.05) is 6.54 Å². The van der Waals surface area contributed by atoms with Gasteiger partial charge in [0, 0.05) is 30.9 Å². The molecule has 156 valence electrons. The Morgan fingerprint density at radius 1 is 0.968 bits per heavy atom. The van der Waals surface area contributed by atoms with Crippen molar-refractivity contribution in [1.82, 2.24) is 14.9 Å². The number of hydrogen-bond acceptors (Lipinski definition) is 3. The van der Waals surface area contributed by atoms with Crippen LogP contribution in [-0.4, -0.2) is 22.0 Å². The van der Waals surface area contributed by atoms with Gasteiger partial charge in [-0.05, 0) is 48.2 Å². The fraction of sp³-hybridized carbons (Fsp3) is 0.160. The molecular formula is C25H22FN3O2. The number of carbonyl (C=O) groups excluding carboxylic acids is 1. The molecule has 0 saturated heterocycles. The van der Waals surface area contributed by atoms with Gasteiger partial charge >= 0.3 is 0 Å². The number of amides is 1. The van der Waals surface area contributed by atoms with E-state index in [2.05, 4.69) is 10.3 Å². The standard InChI is InChI=1S/C25H22FN3O2/c26-21-8-6-19(7-9-21)10-14-28-24(30)22-16-20-17-27-13-11-23(20)29(25(22)31)15-12-18-4-2-1-3-5-18/h1-9,11,13,16-17H,10,12,14-15H2,(H,28,30). The maximum absolute atomic E-state index is 13.2. The molecule has 2 heterocycles. The minimum absolute atomic E-state index is 0.0904. The zero-order valence-corrected chi connectivity index (χ0v) is 16.9. The molecule has 2 aromatic carbocycles. The second-order valence-corrected chi connectivity index (χ2v) is 7.32. The van der Waals surface area contributed by atoms with E-state index in [1.54, 1.807) is 41.2 Å². The first-order valence-electron chi connectivity index (χ1n) is 10.2. The van der Waals surface area contributed by atoms with Gasteiger partial charge in [0.05, 0.1) is 5.52 Å². The minimum Gasteiger partial charge on any atom is -0.352 e. The van der Waals surface area contributed by atoms with Crippen molar-refractivity contribution in [1.29, 1.82) is 0 Å². The van der Waals surface area contributed by atoms with Gasteiger partial charge in [0.1, 0.15) is 11.4 Å². The fourth-order valence-corrected chi connectivity index (χ4v) is 3.57. The van der Waals surface area contributed by atoms with Crippen LogP contribution in [0.25, 0.3) is 10.9 Å². The predicted octanol–water partition coefficient (Wildman–Crippen LogP) is 3.75. The number of benzene rings is 2. The van der Waals surface area contributed by atoms with Crippen molar-refractivity contribution in [2.45, 2.75) is 19.4 Å². The molecule has 2 aromatic heterocycles. The minimum atomic E-state index is -0.425. The quantitative estimate of drug-likeness (QED) is 0.500. The Morgan fingerprint density at radius 2 is 1.71 bits per heavy atom. The van der Waals surface area contributed by atoms with Crippen LogP contribution in [0.2, 0.25) is 0 Å². The number of nitrogens with zero attached hydrogens (tertiary/aromatic N) is 2. The largest absolute Gasteiger partial charge is 0.352 e. The second kappa shape index (κ2) is 9.34. The lowest BCUT2D eigenvalue weighted by Gasteiger charge is -2.13. The molecule has 1 N–H and O–H groups in total. The molecule has 0 bridgehead atoms. The van der Waals surface area contributed by atoms with Crippen LogP contribution in [0.1, 0.15) is 21.5 Å². The number of aryl methyl sites for hydroxylation is 2. The Labute approximate surface area is 179 Å². The van der Waals surface area contributed by atoms with Crippen LogP contribution in [0.15, 0.2) is 83.9 Å². The van der Waals surface area contributed by atoms with Crippen molar-refractivity contribution in [3.05, 3.63) is 112 Å². The Hall–Kier alpha value is -3.80. The highest BCUT2D eigenvalue weighted by molar-refractivity contribution is 5.97. The number of nitrogens with one attached hydrogen (secondary N) is 1. The van der Waals surface area contributed by atoms with Crippen molar-refractivity contribution in [2.24, 2.45) is 0 Å². The van der Waals surface area contributed by atoms with Crippen LogP contribution in [0.3, 0.4) is 0 Å². The third kappa shape index (κ3) is 4.86. The van der Waals surface area contributed by atoms with E-state index in [1.165, 1.54) is 12.1 Å². The van der Waals surface area contributed by atoms with E-state index < -0.39 is 5.91 Å². The van der Waals surface area contributed by atoms with E-state index in [0.717, 1.165) is 22.0 Å². The molecule has 0 atom stereocenters. The maximum Gasteiger partial charge on any atom is 0.263 e. The first kappa shape index (κ1) is 20.5. The van der Waals surface area contributed by atoms with Gasteiger partial charge in [0.15, 0.2) is 0 Å². The first-order chi connectivity index (χ1) is 15.1. The summed E-state index contributed by atoms with van der Waals surface area (Å²) >= 11 is 0. The molecule has 0 aliphatic heterocycles. The van der Waals surface area contributed by atoms with Crippen LogP contribution in [-0.2, 0) is 19.4 Å². The summed E-state index contributed by atoms with van der Waals surface area (Å²) in [7, 11) is 0. The summed E-state index contributed by atoms with van der Waals surface area (Å²) in [6.45, 7) is 0.805. The van der Waals surface area contributed by atoms with Gasteiger partial charge in [0.25, 0.3) is 11.5 Å². The number of fused-ring (bicyclic) bond motifs is 1. The Balaban J connectivity index is 1.55. The SMILES string of the molecule is O=C(NCCc1ccc(F)cc1)c1cc2cnccc2n(CCc2ccccc2)c1=O. The number of hydrogen-bond donors (Lipinski definition) is 1. The van der Waals surface area contributed by atoms with E-state index in [4.69, 9.17) is 0 Å². The molecule has 4 rings (SSSR count). The first-order valence-corrected chi connectivity index (χ1v) is 10.2. The van der Waals surface area contributed by atoms with Crippen LogP contribution in [0.4, 0.5) is 4.39 Å². The number of carbonyl (C=O) groups is 1. The molecule has 1 amide bonds. The zero-order valence-electron chi connectivity index (χ0n) is 16.9. The third-order valence-electron chi connectivity index (χ3n) is 5.22. The molecule has 6 heteroatoms. The molecule has 0 fully saturated rings. The molecule has 0 aliphatic carbocycles. The summed E-state index contributed by atoms with van der Waals surface area (Å²) < 4.78 is 14.7. The number of halogens is 1. The fourth-order valence-electron chi connectivity index (χ4n) is 3.57. The number of rotatable bonds is 7. The van der Waals surface area contributed by atoms with E-state index in [0.29, 0.717) is 25.9 Å². The summed E-state index contributed by atoms with van der Waals surface area (Å²) in [4.78, 5) is 30.1. The normalized spacial score (nSPS) is 10.9. The summed E-state index contributed by atoms with van der Waals surface area (Å²) in [6, 6.07) is 19.4. The van der Waals surface area contributed by atoms with Crippen LogP contribution in [0.5, 0.6) is 0 Å². The van der Waals surface area contributed by atoms with Gasteiger partial charge < -0.3 is 9.88 Å². The third-order valence-corrected chi connectivity index (χ3v) is 5.22. The van der Waals surface area contributed by atoms with Crippen molar-refractivity contribution >= 4 is 16.8 Å². The average Bonchev–Trinajstić information content (AvgIpc) is 2.80. The van der Waals surface area contributed by atoms with Gasteiger partial charge in [0.2, 0.25) is 0 Å². The van der Waals surface area contributed by atoms with Crippen LogP contribution >= 0.6 is 0 Å². The Kier molecular flexibility index (Phi) is 6.17. The predicted molar refractivity (Wildman–Crippen MR) is 119 cm³/mol. The molecule has 0 spiro atoms. The Morgan fingerprint density at radius 3 is 2.48 bits per heavy atom. The molecule has 4 aromatic rings. The monoisotopic (exact) mass is 415 g/mol. The second-order valence-electron chi connectivity index (χ2n) is 7.32. The summed E-state index contributed by atoms with van der Waals surface area (Å²) in [6.07, 6.45) is 4.52. The van der Waals surface area contributed by atoms with Gasteiger partial charge in [-0.25, -0.2) is 4.39 Å². The van der Waals surface area contributed by atoms with E-state index >= 15 is 0 Å². The molecule has 0 saturated carbocycles. The Bertz CT molecular complexity index is 1250. The molecule has 0 aliphatic rings. The summed E-state index contributed by atoms with van der Waals surface area (Å²) in [5.41, 5.74) is 2.54. The highest BCUT2D eigenvalue weighted by Gasteiger charge is 2.15. The lowest BCUT2D eigenvalue weighted by atomic mass is 10.1. The maximum atomic E-state index is 13.2. The van der Waals surface area contributed by atoms with Crippen molar-refractivity contribution in [3.63, 3.8) is 0 Å². The van der Waals surface area contributed by atoms with E-state index in [1.807, 2.05) is 30.3 Å². The summed E-state index contributed by atoms with van der Waals surface area (Å²) in [5, 5.41) is 3.54. The lowest BCUT2D eigenvalue weighted by Crippen LogP contribution is -2.34. The highest BCUT2D eigenvalue weighted by atomic mass is 19.1. The molecule has 0 radical (unpaired) electrons. The van der Waals surface area contributed by atoms with Crippen molar-refractivity contribution < 1.29 is 9.18 Å². The topological polar surface area (TPSA) is 64.0 Å². The number of aromatic nitrogens is 2. The molecule has 0 unspecified atom stereocenters. The lowest BCUT2D eigenvalue weighted by molar-refractivity contribution is 0.0952. The molecule has 31 heavy (non-hydrogen) atoms. The number of pyridine rings is 2. The van der Waals surface area contributed by atoms with Gasteiger partial charge in [-0.15, -0.1) is 0 Å². The smallest absolute Gasteiger partial charge is 0.263 e. The van der Waals surface area contributed by atoms with Gasteiger partial charge in [-0.2, -0.15) is 0 Å². The van der Waals surface area contributed by atoms with Crippen LogP contribution < -0.4 is 10.9 Å². The van der Waals surface area contributed by atoms with Crippen molar-refractivity contribution in [3.8, 4) is 0 Å². The van der Waals surface area contributed by atoms with Gasteiger partial charge in [-0.3, -0.25) is 14.6 Å². The van der Waals surface area contributed by atoms with Crippen LogP contribution in [0, 0.1) is 5.82 Å². The van der Waals surface area contributed by atoms with E-state index in [-0.39, 0.29) is 16.9 Å². The molecular weight excluding hydrogens is 393 g/mol.